The first-order chi connectivity index (χ1) is 12.2. The standard InChI is InChI=1S/C18H20N4OS2/c1-12(23)19-18-20-13(11-24-18)10-22-9-5-4-7-15(22)17-21-14-6-2-3-8-16(14)25-17/h2-3,6,8,11,15H,4-5,7,9-10H2,1H3,(H,19,20,23). The fraction of sp³-hybridized carbons (Fsp3) is 0.389. The topological polar surface area (TPSA) is 58.1 Å². The molecule has 1 amide bonds. The second-order valence-corrected chi connectivity index (χ2v) is 8.25. The maximum absolute atomic E-state index is 11.2. The minimum absolute atomic E-state index is 0.0776. The number of rotatable bonds is 4. The number of carbonyl (C=O) groups is 1. The van der Waals surface area contributed by atoms with Crippen molar-refractivity contribution in [1.29, 1.82) is 0 Å². The molecule has 5 nitrogen and oxygen atoms in total. The summed E-state index contributed by atoms with van der Waals surface area (Å²) in [5, 5.41) is 6.68. The molecular formula is C18H20N4OS2. The number of likely N-dealkylation sites (tertiary alicyclic amines) is 1. The smallest absolute Gasteiger partial charge is 0.223 e. The van der Waals surface area contributed by atoms with Crippen LogP contribution >= 0.6 is 22.7 Å². The molecule has 4 rings (SSSR count). The first-order valence-corrected chi connectivity index (χ1v) is 10.2. The van der Waals surface area contributed by atoms with Crippen LogP contribution in [0.25, 0.3) is 10.2 Å². The van der Waals surface area contributed by atoms with Crippen LogP contribution in [0.1, 0.15) is 42.9 Å². The van der Waals surface area contributed by atoms with Crippen LogP contribution in [0.2, 0.25) is 0 Å². The van der Waals surface area contributed by atoms with Crippen molar-refractivity contribution in [3.63, 3.8) is 0 Å². The number of nitrogens with one attached hydrogen (secondary N) is 1. The summed E-state index contributed by atoms with van der Waals surface area (Å²) in [7, 11) is 0. The van der Waals surface area contributed by atoms with Crippen LogP contribution < -0.4 is 5.32 Å². The summed E-state index contributed by atoms with van der Waals surface area (Å²) in [4.78, 5) is 23.1. The van der Waals surface area contributed by atoms with Gasteiger partial charge in [0.15, 0.2) is 5.13 Å². The summed E-state index contributed by atoms with van der Waals surface area (Å²) in [5.41, 5.74) is 2.11. The Bertz CT molecular complexity index is 855. The molecule has 1 unspecified atom stereocenters. The molecule has 0 spiro atoms. The van der Waals surface area contributed by atoms with Crippen LogP contribution in [0, 0.1) is 0 Å². The van der Waals surface area contributed by atoms with E-state index < -0.39 is 0 Å². The fourth-order valence-electron chi connectivity index (χ4n) is 3.29. The van der Waals surface area contributed by atoms with Crippen LogP contribution in [-0.2, 0) is 11.3 Å². The van der Waals surface area contributed by atoms with Crippen molar-refractivity contribution >= 4 is 43.9 Å². The molecule has 3 aromatic rings. The van der Waals surface area contributed by atoms with E-state index in [1.807, 2.05) is 11.4 Å². The molecule has 0 saturated carbocycles. The second kappa shape index (κ2) is 7.19. The molecule has 1 aliphatic heterocycles. The monoisotopic (exact) mass is 372 g/mol. The second-order valence-electron chi connectivity index (χ2n) is 6.33. The Morgan fingerprint density at radius 3 is 3.04 bits per heavy atom. The van der Waals surface area contributed by atoms with E-state index in [0.29, 0.717) is 11.2 Å². The van der Waals surface area contributed by atoms with Gasteiger partial charge in [-0.15, -0.1) is 22.7 Å². The van der Waals surface area contributed by atoms with E-state index >= 15 is 0 Å². The van der Waals surface area contributed by atoms with Gasteiger partial charge in [-0.25, -0.2) is 9.97 Å². The van der Waals surface area contributed by atoms with Gasteiger partial charge in [0, 0.05) is 18.8 Å². The van der Waals surface area contributed by atoms with Gasteiger partial charge < -0.3 is 5.32 Å². The first-order valence-electron chi connectivity index (χ1n) is 8.50. The normalized spacial score (nSPS) is 18.5. The van der Waals surface area contributed by atoms with E-state index in [1.54, 1.807) is 11.3 Å². The Kier molecular flexibility index (Phi) is 4.78. The van der Waals surface area contributed by atoms with Gasteiger partial charge in [0.2, 0.25) is 5.91 Å². The number of hydrogen-bond donors (Lipinski definition) is 1. The lowest BCUT2D eigenvalue weighted by atomic mass is 10.0. The SMILES string of the molecule is CC(=O)Nc1nc(CN2CCCCC2c2nc3ccccc3s2)cs1. The fourth-order valence-corrected chi connectivity index (χ4v) is 5.17. The Hall–Kier alpha value is -1.83. The number of thiazole rings is 2. The van der Waals surface area contributed by atoms with Gasteiger partial charge in [-0.05, 0) is 31.5 Å². The highest BCUT2D eigenvalue weighted by Gasteiger charge is 2.27. The average Bonchev–Trinajstić information content (AvgIpc) is 3.21. The summed E-state index contributed by atoms with van der Waals surface area (Å²) in [6.45, 7) is 3.37. The minimum Gasteiger partial charge on any atom is -0.302 e. The molecule has 7 heteroatoms. The number of hydrogen-bond acceptors (Lipinski definition) is 6. The van der Waals surface area contributed by atoms with Crippen molar-refractivity contribution in [2.24, 2.45) is 0 Å². The lowest BCUT2D eigenvalue weighted by molar-refractivity contribution is -0.114. The van der Waals surface area contributed by atoms with Gasteiger partial charge in [-0.1, -0.05) is 18.6 Å². The molecule has 130 valence electrons. The third kappa shape index (κ3) is 3.73. The molecule has 2 aromatic heterocycles. The molecule has 0 aliphatic carbocycles. The Balaban J connectivity index is 1.54. The molecule has 25 heavy (non-hydrogen) atoms. The summed E-state index contributed by atoms with van der Waals surface area (Å²) in [6.07, 6.45) is 3.60. The molecular weight excluding hydrogens is 352 g/mol. The quantitative estimate of drug-likeness (QED) is 0.736. The highest BCUT2D eigenvalue weighted by molar-refractivity contribution is 7.18. The van der Waals surface area contributed by atoms with Crippen molar-refractivity contribution in [2.75, 3.05) is 11.9 Å². The number of aromatic nitrogens is 2. The van der Waals surface area contributed by atoms with Gasteiger partial charge in [0.05, 0.1) is 22.0 Å². The van der Waals surface area contributed by atoms with E-state index in [1.165, 1.54) is 40.8 Å². The molecule has 1 aliphatic rings. The average molecular weight is 373 g/mol. The lowest BCUT2D eigenvalue weighted by Gasteiger charge is -2.33. The highest BCUT2D eigenvalue weighted by Crippen LogP contribution is 2.36. The zero-order chi connectivity index (χ0) is 17.2. The number of anilines is 1. The summed E-state index contributed by atoms with van der Waals surface area (Å²) in [6, 6.07) is 8.70. The van der Waals surface area contributed by atoms with Crippen LogP contribution in [-0.4, -0.2) is 27.3 Å². The number of amides is 1. The molecule has 1 saturated heterocycles. The lowest BCUT2D eigenvalue weighted by Crippen LogP contribution is -2.33. The predicted octanol–water partition coefficient (Wildman–Crippen LogP) is 4.44. The largest absolute Gasteiger partial charge is 0.302 e. The predicted molar refractivity (Wildman–Crippen MR) is 103 cm³/mol. The zero-order valence-corrected chi connectivity index (χ0v) is 15.7. The van der Waals surface area contributed by atoms with E-state index in [0.717, 1.165) is 30.7 Å². The Morgan fingerprint density at radius 1 is 1.32 bits per heavy atom. The van der Waals surface area contributed by atoms with E-state index in [9.17, 15) is 4.79 Å². The van der Waals surface area contributed by atoms with Crippen LogP contribution in [0.4, 0.5) is 5.13 Å². The van der Waals surface area contributed by atoms with Gasteiger partial charge >= 0.3 is 0 Å². The number of nitrogens with zero attached hydrogens (tertiary/aromatic N) is 3. The third-order valence-electron chi connectivity index (χ3n) is 4.41. The number of benzene rings is 1. The summed E-state index contributed by atoms with van der Waals surface area (Å²) in [5.74, 6) is -0.0776. The highest BCUT2D eigenvalue weighted by atomic mass is 32.1. The van der Waals surface area contributed by atoms with Crippen molar-refractivity contribution in [3.8, 4) is 0 Å². The van der Waals surface area contributed by atoms with Gasteiger partial charge in [-0.3, -0.25) is 9.69 Å². The molecule has 1 fully saturated rings. The van der Waals surface area contributed by atoms with Gasteiger partial charge in [0.1, 0.15) is 5.01 Å². The van der Waals surface area contributed by atoms with E-state index in [2.05, 4.69) is 33.4 Å². The maximum Gasteiger partial charge on any atom is 0.223 e. The number of piperidine rings is 1. The third-order valence-corrected chi connectivity index (χ3v) is 6.35. The minimum atomic E-state index is -0.0776. The molecule has 0 bridgehead atoms. The van der Waals surface area contributed by atoms with Gasteiger partial charge in [-0.2, -0.15) is 0 Å². The Morgan fingerprint density at radius 2 is 2.20 bits per heavy atom. The van der Waals surface area contributed by atoms with Crippen molar-refractivity contribution < 1.29 is 4.79 Å². The van der Waals surface area contributed by atoms with Crippen molar-refractivity contribution in [2.45, 2.75) is 38.8 Å². The number of carbonyl (C=O) groups excluding carboxylic acids is 1. The van der Waals surface area contributed by atoms with Gasteiger partial charge in [0.25, 0.3) is 0 Å². The van der Waals surface area contributed by atoms with Crippen molar-refractivity contribution in [1.82, 2.24) is 14.9 Å². The van der Waals surface area contributed by atoms with Crippen LogP contribution in [0.3, 0.4) is 0 Å². The summed E-state index contributed by atoms with van der Waals surface area (Å²) < 4.78 is 1.25. The molecule has 1 atom stereocenters. The molecule has 0 radical (unpaired) electrons. The first kappa shape index (κ1) is 16.6. The van der Waals surface area contributed by atoms with E-state index in [4.69, 9.17) is 4.98 Å². The van der Waals surface area contributed by atoms with Crippen molar-refractivity contribution in [3.05, 3.63) is 40.3 Å². The molecule has 1 N–H and O–H groups in total. The van der Waals surface area contributed by atoms with E-state index in [-0.39, 0.29) is 5.91 Å². The van der Waals surface area contributed by atoms with Crippen LogP contribution in [0.5, 0.6) is 0 Å². The summed E-state index contributed by atoms with van der Waals surface area (Å²) >= 11 is 3.29. The molecule has 3 heterocycles. The Labute approximate surface area is 154 Å². The zero-order valence-electron chi connectivity index (χ0n) is 14.1. The molecule has 1 aromatic carbocycles. The van der Waals surface area contributed by atoms with Crippen LogP contribution in [0.15, 0.2) is 29.6 Å². The number of para-hydroxylation sites is 1. The number of fused-ring (bicyclic) bond motifs is 1. The maximum atomic E-state index is 11.2.